The summed E-state index contributed by atoms with van der Waals surface area (Å²) in [7, 11) is 0. The van der Waals surface area contributed by atoms with Crippen LogP contribution < -0.4 is 4.74 Å². The Bertz CT molecular complexity index is 667. The fourth-order valence-electron chi connectivity index (χ4n) is 2.52. The Morgan fingerprint density at radius 2 is 2.21 bits per heavy atom. The van der Waals surface area contributed by atoms with Gasteiger partial charge in [-0.1, -0.05) is 30.6 Å². The first kappa shape index (κ1) is 18.3. The molecule has 1 saturated heterocycles. The van der Waals surface area contributed by atoms with Gasteiger partial charge in [-0.15, -0.1) is 0 Å². The molecule has 9 nitrogen and oxygen atoms in total. The van der Waals surface area contributed by atoms with Crippen molar-refractivity contribution in [3.8, 4) is 5.75 Å². The van der Waals surface area contributed by atoms with Crippen LogP contribution in [0.15, 0.2) is 23.3 Å². The summed E-state index contributed by atoms with van der Waals surface area (Å²) in [5.41, 5.74) is 8.29. The maximum atomic E-state index is 10.7. The summed E-state index contributed by atoms with van der Waals surface area (Å²) in [6.45, 7) is 3.85. The Balaban J connectivity index is 2.18. The molecule has 1 aromatic carbocycles. The molecule has 1 aromatic rings. The van der Waals surface area contributed by atoms with Gasteiger partial charge in [0.15, 0.2) is 0 Å². The van der Waals surface area contributed by atoms with E-state index in [4.69, 9.17) is 26.6 Å². The van der Waals surface area contributed by atoms with Gasteiger partial charge in [-0.3, -0.25) is 10.1 Å². The van der Waals surface area contributed by atoms with Crippen molar-refractivity contribution in [2.75, 3.05) is 6.54 Å². The minimum Gasteiger partial charge on any atom is -0.461 e. The third kappa shape index (κ3) is 3.88. The molecule has 1 heterocycles. The van der Waals surface area contributed by atoms with E-state index in [0.29, 0.717) is 0 Å². The molecule has 0 amide bonds. The Morgan fingerprint density at radius 1 is 1.50 bits per heavy atom. The third-order valence-electron chi connectivity index (χ3n) is 4.24. The van der Waals surface area contributed by atoms with E-state index in [2.05, 4.69) is 10.0 Å². The second kappa shape index (κ2) is 7.67. The molecule has 0 bridgehead atoms. The number of benzene rings is 1. The zero-order valence-corrected chi connectivity index (χ0v) is 13.8. The summed E-state index contributed by atoms with van der Waals surface area (Å²) in [6, 6.07) is 3.76. The average molecular weight is 357 g/mol. The molecule has 130 valence electrons. The monoisotopic (exact) mass is 356 g/mol. The lowest BCUT2D eigenvalue weighted by atomic mass is 9.83. The number of nitro groups is 1. The number of halogens is 1. The fraction of sp³-hybridized carbons (Fsp3) is 0.571. The predicted molar refractivity (Wildman–Crippen MR) is 85.7 cm³/mol. The van der Waals surface area contributed by atoms with Crippen molar-refractivity contribution in [2.24, 2.45) is 17.0 Å². The van der Waals surface area contributed by atoms with Crippen molar-refractivity contribution in [1.29, 1.82) is 0 Å². The van der Waals surface area contributed by atoms with Crippen molar-refractivity contribution in [3.63, 3.8) is 0 Å². The molecule has 1 fully saturated rings. The van der Waals surface area contributed by atoms with Gasteiger partial charge in [0, 0.05) is 17.0 Å². The maximum Gasteiger partial charge on any atom is 0.271 e. The molecular formula is C14H17ClN4O5. The largest absolute Gasteiger partial charge is 0.461 e. The zero-order chi connectivity index (χ0) is 17.9. The van der Waals surface area contributed by atoms with Crippen LogP contribution in [0.1, 0.15) is 13.8 Å². The van der Waals surface area contributed by atoms with Crippen LogP contribution in [0.25, 0.3) is 10.4 Å². The van der Waals surface area contributed by atoms with Crippen LogP contribution >= 0.6 is 11.6 Å². The highest BCUT2D eigenvalue weighted by Gasteiger charge is 2.41. The Hall–Kier alpha value is -2.06. The third-order valence-corrected chi connectivity index (χ3v) is 4.53. The first-order valence-electron chi connectivity index (χ1n) is 7.30. The number of non-ortho nitro benzene ring substituents is 1. The van der Waals surface area contributed by atoms with Gasteiger partial charge >= 0.3 is 0 Å². The Labute approximate surface area is 142 Å². The molecule has 1 aliphatic heterocycles. The van der Waals surface area contributed by atoms with Crippen molar-refractivity contribution in [1.82, 2.24) is 0 Å². The molecule has 10 heteroatoms. The summed E-state index contributed by atoms with van der Waals surface area (Å²) in [6.07, 6.45) is -2.36. The molecule has 2 rings (SSSR count). The normalized spacial score (nSPS) is 29.6. The van der Waals surface area contributed by atoms with E-state index >= 15 is 0 Å². The predicted octanol–water partition coefficient (Wildman–Crippen LogP) is 3.30. The first-order chi connectivity index (χ1) is 11.3. The van der Waals surface area contributed by atoms with E-state index < -0.39 is 23.4 Å². The Morgan fingerprint density at radius 3 is 2.79 bits per heavy atom. The van der Waals surface area contributed by atoms with Crippen LogP contribution in [0.5, 0.6) is 5.75 Å². The van der Waals surface area contributed by atoms with E-state index in [9.17, 15) is 15.2 Å². The lowest BCUT2D eigenvalue weighted by Crippen LogP contribution is -2.52. The van der Waals surface area contributed by atoms with Crippen LogP contribution in [0.4, 0.5) is 5.69 Å². The maximum absolute atomic E-state index is 10.7. The van der Waals surface area contributed by atoms with Gasteiger partial charge in [-0.05, 0) is 23.4 Å². The second-order valence-corrected chi connectivity index (χ2v) is 6.06. The molecule has 0 radical (unpaired) electrons. The van der Waals surface area contributed by atoms with E-state index in [1.165, 1.54) is 12.1 Å². The van der Waals surface area contributed by atoms with Crippen molar-refractivity contribution >= 4 is 17.3 Å². The number of nitro benzene ring substituents is 1. The number of ether oxygens (including phenoxy) is 2. The highest BCUT2D eigenvalue weighted by molar-refractivity contribution is 6.32. The molecule has 0 spiro atoms. The molecule has 24 heavy (non-hydrogen) atoms. The van der Waals surface area contributed by atoms with Gasteiger partial charge in [-0.2, -0.15) is 0 Å². The number of azide groups is 1. The van der Waals surface area contributed by atoms with Crippen LogP contribution in [0.2, 0.25) is 5.02 Å². The quantitative estimate of drug-likeness (QED) is 0.284. The zero-order valence-electron chi connectivity index (χ0n) is 13.1. The molecule has 0 saturated carbocycles. The van der Waals surface area contributed by atoms with Gasteiger partial charge in [0.25, 0.3) is 5.69 Å². The fourth-order valence-corrected chi connectivity index (χ4v) is 2.74. The number of rotatable bonds is 5. The topological polar surface area (TPSA) is 131 Å². The SMILES string of the molecule is C[C@@H]1C(CN=[N+]=[N-])O[C@@H](Oc2ccc([N+](=O)[O-])cc2Cl)C(O)[C@H]1C. The molecule has 5 atom stereocenters. The smallest absolute Gasteiger partial charge is 0.271 e. The minimum atomic E-state index is -1.02. The molecule has 1 aliphatic rings. The standard InChI is InChI=1S/C14H17ClN4O5/c1-7-8(2)13(20)14(24-12(7)6-17-18-16)23-11-4-3-9(19(21)22)5-10(11)15/h3-5,7-8,12-14,20H,6H2,1-2H3/t7-,8-,12?,13?,14+/m0/s1. The van der Waals surface area contributed by atoms with Gasteiger partial charge < -0.3 is 14.6 Å². The van der Waals surface area contributed by atoms with Gasteiger partial charge in [-0.25, -0.2) is 0 Å². The minimum absolute atomic E-state index is 0.0397. The van der Waals surface area contributed by atoms with Gasteiger partial charge in [0.2, 0.25) is 6.29 Å². The van der Waals surface area contributed by atoms with E-state index in [1.54, 1.807) is 0 Å². The van der Waals surface area contributed by atoms with Gasteiger partial charge in [0.05, 0.1) is 22.6 Å². The summed E-state index contributed by atoms with van der Waals surface area (Å²) < 4.78 is 11.3. The molecule has 2 unspecified atom stereocenters. The number of nitrogens with zero attached hydrogens (tertiary/aromatic N) is 4. The highest BCUT2D eigenvalue weighted by atomic mass is 35.5. The van der Waals surface area contributed by atoms with Crippen LogP contribution in [0, 0.1) is 22.0 Å². The molecule has 1 N–H and O–H groups in total. The van der Waals surface area contributed by atoms with E-state index in [0.717, 1.165) is 6.07 Å². The van der Waals surface area contributed by atoms with E-state index in [1.807, 2.05) is 13.8 Å². The molecule has 0 aliphatic carbocycles. The summed E-state index contributed by atoms with van der Waals surface area (Å²) >= 11 is 5.99. The van der Waals surface area contributed by atoms with Crippen molar-refractivity contribution in [3.05, 3.63) is 43.8 Å². The molecular weight excluding hydrogens is 340 g/mol. The van der Waals surface area contributed by atoms with Crippen LogP contribution in [-0.4, -0.2) is 35.1 Å². The Kier molecular flexibility index (Phi) is 5.84. The summed E-state index contributed by atoms with van der Waals surface area (Å²) in [5, 5.41) is 24.6. The van der Waals surface area contributed by atoms with E-state index in [-0.39, 0.29) is 34.8 Å². The van der Waals surface area contributed by atoms with Crippen molar-refractivity contribution in [2.45, 2.75) is 32.3 Å². The number of aliphatic hydroxyl groups excluding tert-OH is 1. The molecule has 0 aromatic heterocycles. The second-order valence-electron chi connectivity index (χ2n) is 5.65. The summed E-state index contributed by atoms with van der Waals surface area (Å²) in [4.78, 5) is 12.9. The number of hydrogen-bond donors (Lipinski definition) is 1. The first-order valence-corrected chi connectivity index (χ1v) is 7.68. The average Bonchev–Trinajstić information content (AvgIpc) is 2.55. The van der Waals surface area contributed by atoms with Crippen LogP contribution in [-0.2, 0) is 4.74 Å². The highest BCUT2D eigenvalue weighted by Crippen LogP contribution is 2.35. The van der Waals surface area contributed by atoms with Gasteiger partial charge in [0.1, 0.15) is 11.9 Å². The number of aliphatic hydroxyl groups is 1. The van der Waals surface area contributed by atoms with Crippen molar-refractivity contribution < 1.29 is 19.5 Å². The lowest BCUT2D eigenvalue weighted by molar-refractivity contribution is -0.384. The number of hydrogen-bond acceptors (Lipinski definition) is 6. The lowest BCUT2D eigenvalue weighted by Gasteiger charge is -2.41. The van der Waals surface area contributed by atoms with Crippen LogP contribution in [0.3, 0.4) is 0 Å². The summed E-state index contributed by atoms with van der Waals surface area (Å²) in [5.74, 6) is -0.0484.